The second kappa shape index (κ2) is 14.5. The smallest absolute Gasteiger partial charge is 0.238 e. The standard InChI is InChI=1S/C57H32N4O2.C2H6/c1-2-12-35-28-39(21-20-33(35)10-1)55-58-56(40-22-25-44-43-16-7-8-19-49(43)63-52(44)32-40)60-57(59-55)61-48-31-37-14-4-3-13-36(37)29-46(48)45-18-9-17-42(54(45)61)38-24-26-50-47(30-38)53-41-15-6-5-11-34(41)23-27-51(53)62-50;1-2/h1-32H;1-2H3. The summed E-state index contributed by atoms with van der Waals surface area (Å²) in [6.07, 6.45) is 0. The minimum atomic E-state index is 0.524. The Balaban J connectivity index is 0.00000209. The fourth-order valence-corrected chi connectivity index (χ4v) is 9.82. The topological polar surface area (TPSA) is 69.9 Å². The first kappa shape index (κ1) is 37.0. The van der Waals surface area contributed by atoms with E-state index in [-0.39, 0.29) is 0 Å². The van der Waals surface area contributed by atoms with Crippen molar-refractivity contribution in [1.29, 1.82) is 0 Å². The van der Waals surface area contributed by atoms with Gasteiger partial charge in [0.2, 0.25) is 5.95 Å². The predicted molar refractivity (Wildman–Crippen MR) is 269 cm³/mol. The van der Waals surface area contributed by atoms with Crippen LogP contribution in [0.25, 0.3) is 138 Å². The molecule has 0 saturated heterocycles. The summed E-state index contributed by atoms with van der Waals surface area (Å²) in [6, 6.07) is 68.2. The average molecular weight is 835 g/mol. The second-order valence-corrected chi connectivity index (χ2v) is 16.4. The third-order valence-corrected chi connectivity index (χ3v) is 12.8. The molecule has 6 heteroatoms. The van der Waals surface area contributed by atoms with Crippen molar-refractivity contribution in [2.24, 2.45) is 0 Å². The van der Waals surface area contributed by atoms with Crippen molar-refractivity contribution >= 4 is 98.0 Å². The summed E-state index contributed by atoms with van der Waals surface area (Å²) in [5, 5.41) is 13.5. The average Bonchev–Trinajstić information content (AvgIpc) is 4.05. The first-order valence-corrected chi connectivity index (χ1v) is 22.2. The minimum absolute atomic E-state index is 0.524. The molecule has 0 saturated carbocycles. The Morgan fingerprint density at radius 3 is 1.77 bits per heavy atom. The van der Waals surface area contributed by atoms with Gasteiger partial charge in [-0.25, -0.2) is 4.98 Å². The van der Waals surface area contributed by atoms with E-state index in [1.54, 1.807) is 0 Å². The molecule has 0 fully saturated rings. The van der Waals surface area contributed by atoms with Crippen molar-refractivity contribution in [1.82, 2.24) is 19.5 Å². The lowest BCUT2D eigenvalue weighted by molar-refractivity contribution is 0.668. The largest absolute Gasteiger partial charge is 0.456 e. The van der Waals surface area contributed by atoms with E-state index in [0.29, 0.717) is 17.6 Å². The molecule has 0 aliphatic rings. The Morgan fingerprint density at radius 2 is 0.938 bits per heavy atom. The molecule has 10 aromatic carbocycles. The van der Waals surface area contributed by atoms with Crippen LogP contribution in [0, 0.1) is 0 Å². The van der Waals surface area contributed by atoms with Crippen LogP contribution in [0.1, 0.15) is 13.8 Å². The summed E-state index contributed by atoms with van der Waals surface area (Å²) < 4.78 is 15.1. The number of hydrogen-bond donors (Lipinski definition) is 0. The van der Waals surface area contributed by atoms with Gasteiger partial charge in [0.25, 0.3) is 0 Å². The van der Waals surface area contributed by atoms with Gasteiger partial charge in [0.15, 0.2) is 11.6 Å². The van der Waals surface area contributed by atoms with Gasteiger partial charge in [0.05, 0.1) is 11.0 Å². The summed E-state index contributed by atoms with van der Waals surface area (Å²) in [6.45, 7) is 4.00. The normalized spacial score (nSPS) is 11.8. The minimum Gasteiger partial charge on any atom is -0.456 e. The summed E-state index contributed by atoms with van der Waals surface area (Å²) in [5.41, 5.74) is 9.23. The molecule has 0 aliphatic carbocycles. The highest BCUT2D eigenvalue weighted by atomic mass is 16.3. The van der Waals surface area contributed by atoms with Gasteiger partial charge < -0.3 is 8.83 Å². The van der Waals surface area contributed by atoms with Gasteiger partial charge in [-0.05, 0) is 92.5 Å². The zero-order valence-corrected chi connectivity index (χ0v) is 35.6. The highest BCUT2D eigenvalue weighted by molar-refractivity contribution is 6.21. The van der Waals surface area contributed by atoms with Crippen LogP contribution in [0.15, 0.2) is 203 Å². The molecule has 65 heavy (non-hydrogen) atoms. The van der Waals surface area contributed by atoms with Gasteiger partial charge in [0.1, 0.15) is 22.3 Å². The van der Waals surface area contributed by atoms with Crippen LogP contribution in [-0.2, 0) is 0 Å². The molecular weight excluding hydrogens is 797 g/mol. The molecule has 4 heterocycles. The lowest BCUT2D eigenvalue weighted by Gasteiger charge is -2.13. The number of benzene rings is 10. The Kier molecular flexibility index (Phi) is 8.24. The molecule has 4 aromatic heterocycles. The third kappa shape index (κ3) is 5.77. The van der Waals surface area contributed by atoms with Crippen molar-refractivity contribution in [3.8, 4) is 39.9 Å². The molecule has 0 N–H and O–H groups in total. The molecule has 0 aliphatic heterocycles. The van der Waals surface area contributed by atoms with Gasteiger partial charge in [-0.2, -0.15) is 9.97 Å². The van der Waals surface area contributed by atoms with Crippen LogP contribution in [-0.4, -0.2) is 19.5 Å². The number of hydrogen-bond acceptors (Lipinski definition) is 5. The van der Waals surface area contributed by atoms with E-state index in [2.05, 4.69) is 180 Å². The first-order valence-electron chi connectivity index (χ1n) is 22.2. The van der Waals surface area contributed by atoms with Gasteiger partial charge >= 0.3 is 0 Å². The number of rotatable bonds is 4. The van der Waals surface area contributed by atoms with Crippen molar-refractivity contribution in [2.75, 3.05) is 0 Å². The van der Waals surface area contributed by atoms with Crippen molar-refractivity contribution in [3.05, 3.63) is 194 Å². The zero-order valence-electron chi connectivity index (χ0n) is 35.6. The Labute approximate surface area is 372 Å². The van der Waals surface area contributed by atoms with E-state index >= 15 is 0 Å². The van der Waals surface area contributed by atoms with Crippen LogP contribution < -0.4 is 0 Å². The quantitative estimate of drug-likeness (QED) is 0.177. The van der Waals surface area contributed by atoms with Gasteiger partial charge in [-0.1, -0.05) is 153 Å². The number of fused-ring (bicyclic) bond motifs is 13. The zero-order chi connectivity index (χ0) is 43.2. The molecule has 306 valence electrons. The molecule has 14 rings (SSSR count). The van der Waals surface area contributed by atoms with Crippen molar-refractivity contribution in [3.63, 3.8) is 0 Å². The van der Waals surface area contributed by atoms with E-state index in [4.69, 9.17) is 23.8 Å². The molecule has 0 atom stereocenters. The Morgan fingerprint density at radius 1 is 0.354 bits per heavy atom. The molecule has 0 radical (unpaired) electrons. The SMILES string of the molecule is CC.c1ccc2cc(-c3nc(-c4ccc5c(c4)oc4ccccc45)nc(-n4c5cc6ccccc6cc5c5cccc(-c6ccc7oc8ccc9ccccc9c8c7c6)c54)n3)ccc2c1. The first-order chi connectivity index (χ1) is 32.2. The number of furan rings is 2. The third-order valence-electron chi connectivity index (χ3n) is 12.8. The van der Waals surface area contributed by atoms with Gasteiger partial charge in [0, 0.05) is 49.0 Å². The second-order valence-electron chi connectivity index (χ2n) is 16.4. The van der Waals surface area contributed by atoms with Gasteiger partial charge in [-0.3, -0.25) is 4.57 Å². The van der Waals surface area contributed by atoms with Crippen LogP contribution in [0.2, 0.25) is 0 Å². The summed E-state index contributed by atoms with van der Waals surface area (Å²) in [4.78, 5) is 16.1. The molecular formula is C59H38N4O2. The molecule has 0 spiro atoms. The summed E-state index contributed by atoms with van der Waals surface area (Å²) in [5.74, 6) is 1.66. The maximum Gasteiger partial charge on any atom is 0.238 e. The summed E-state index contributed by atoms with van der Waals surface area (Å²) in [7, 11) is 0. The molecule has 14 aromatic rings. The lowest BCUT2D eigenvalue weighted by Crippen LogP contribution is -2.07. The molecule has 0 unspecified atom stereocenters. The number of para-hydroxylation sites is 2. The van der Waals surface area contributed by atoms with Crippen molar-refractivity contribution < 1.29 is 8.83 Å². The van der Waals surface area contributed by atoms with Crippen LogP contribution in [0.5, 0.6) is 0 Å². The van der Waals surface area contributed by atoms with Gasteiger partial charge in [-0.15, -0.1) is 0 Å². The maximum atomic E-state index is 6.47. The fourth-order valence-electron chi connectivity index (χ4n) is 9.82. The van der Waals surface area contributed by atoms with Crippen LogP contribution in [0.3, 0.4) is 0 Å². The number of aromatic nitrogens is 4. The Hall–Kier alpha value is -8.61. The van der Waals surface area contributed by atoms with Crippen molar-refractivity contribution in [2.45, 2.75) is 13.8 Å². The molecule has 0 amide bonds. The maximum absolute atomic E-state index is 6.47. The van der Waals surface area contributed by atoms with E-state index < -0.39 is 0 Å². The predicted octanol–water partition coefficient (Wildman–Crippen LogP) is 16.3. The molecule has 0 bridgehead atoms. The lowest BCUT2D eigenvalue weighted by atomic mass is 9.98. The van der Waals surface area contributed by atoms with E-state index in [9.17, 15) is 0 Å². The molecule has 6 nitrogen and oxygen atoms in total. The van der Waals surface area contributed by atoms with E-state index in [0.717, 1.165) is 104 Å². The highest BCUT2D eigenvalue weighted by Gasteiger charge is 2.23. The fraction of sp³-hybridized carbons (Fsp3) is 0.0339. The van der Waals surface area contributed by atoms with Crippen LogP contribution >= 0.6 is 0 Å². The van der Waals surface area contributed by atoms with E-state index in [1.807, 2.05) is 32.0 Å². The monoisotopic (exact) mass is 834 g/mol. The Bertz CT molecular complexity index is 4230. The number of nitrogens with zero attached hydrogens (tertiary/aromatic N) is 4. The van der Waals surface area contributed by atoms with E-state index in [1.165, 1.54) is 16.2 Å². The highest BCUT2D eigenvalue weighted by Crippen LogP contribution is 2.43. The summed E-state index contributed by atoms with van der Waals surface area (Å²) >= 11 is 0. The van der Waals surface area contributed by atoms with Crippen LogP contribution in [0.4, 0.5) is 0 Å².